The predicted octanol–water partition coefficient (Wildman–Crippen LogP) is 2.83. The van der Waals surface area contributed by atoms with Gasteiger partial charge in [-0.2, -0.15) is 0 Å². The summed E-state index contributed by atoms with van der Waals surface area (Å²) >= 11 is 1.80. The van der Waals surface area contributed by atoms with Crippen molar-refractivity contribution >= 4 is 17.3 Å². The molecule has 2 N–H and O–H groups in total. The van der Waals surface area contributed by atoms with E-state index in [-0.39, 0.29) is 0 Å². The van der Waals surface area contributed by atoms with Crippen LogP contribution in [0.4, 0.5) is 0 Å². The lowest BCUT2D eigenvalue weighted by atomic mass is 10.1. The van der Waals surface area contributed by atoms with E-state index in [0.29, 0.717) is 5.92 Å². The Morgan fingerprint density at radius 2 is 2.25 bits per heavy atom. The third kappa shape index (κ3) is 6.91. The lowest BCUT2D eigenvalue weighted by Crippen LogP contribution is -2.40. The zero-order valence-electron chi connectivity index (χ0n) is 12.8. The fourth-order valence-corrected chi connectivity index (χ4v) is 2.52. The maximum Gasteiger partial charge on any atom is 0.191 e. The summed E-state index contributed by atoms with van der Waals surface area (Å²) in [6.45, 7) is 7.64. The van der Waals surface area contributed by atoms with Gasteiger partial charge in [0.15, 0.2) is 5.96 Å². The molecule has 0 spiro atoms. The van der Waals surface area contributed by atoms with Gasteiger partial charge in [-0.25, -0.2) is 0 Å². The predicted molar refractivity (Wildman–Crippen MR) is 87.8 cm³/mol. The van der Waals surface area contributed by atoms with E-state index in [9.17, 15) is 0 Å². The smallest absolute Gasteiger partial charge is 0.191 e. The van der Waals surface area contributed by atoms with Crippen molar-refractivity contribution in [3.8, 4) is 0 Å². The van der Waals surface area contributed by atoms with Crippen LogP contribution in [0.25, 0.3) is 0 Å². The van der Waals surface area contributed by atoms with Crippen molar-refractivity contribution in [2.45, 2.75) is 32.6 Å². The van der Waals surface area contributed by atoms with Crippen molar-refractivity contribution in [1.29, 1.82) is 0 Å². The fraction of sp³-hybridized carbons (Fsp3) is 0.667. The molecule has 0 amide bonds. The van der Waals surface area contributed by atoms with E-state index < -0.39 is 0 Å². The summed E-state index contributed by atoms with van der Waals surface area (Å²) in [5.41, 5.74) is 0. The van der Waals surface area contributed by atoms with Crippen LogP contribution in [-0.2, 0) is 4.74 Å². The van der Waals surface area contributed by atoms with Gasteiger partial charge in [0, 0.05) is 37.5 Å². The molecule has 0 aromatic carbocycles. The Morgan fingerprint density at radius 1 is 1.40 bits per heavy atom. The van der Waals surface area contributed by atoms with Crippen LogP contribution >= 0.6 is 11.3 Å². The van der Waals surface area contributed by atoms with Gasteiger partial charge in [0.25, 0.3) is 0 Å². The molecule has 4 nitrogen and oxygen atoms in total. The van der Waals surface area contributed by atoms with Crippen LogP contribution in [0.15, 0.2) is 22.5 Å². The largest absolute Gasteiger partial charge is 0.380 e. The molecular weight excluding hydrogens is 270 g/mol. The Balaban J connectivity index is 2.13. The van der Waals surface area contributed by atoms with Crippen LogP contribution in [0.2, 0.25) is 0 Å². The molecule has 1 aromatic rings. The number of rotatable bonds is 9. The van der Waals surface area contributed by atoms with E-state index in [1.54, 1.807) is 18.4 Å². The van der Waals surface area contributed by atoms with Crippen molar-refractivity contribution in [2.24, 2.45) is 4.99 Å². The second kappa shape index (κ2) is 10.7. The average Bonchev–Trinajstić information content (AvgIpc) is 2.99. The van der Waals surface area contributed by atoms with Crippen molar-refractivity contribution < 1.29 is 4.74 Å². The van der Waals surface area contributed by atoms with Crippen LogP contribution in [0.1, 0.15) is 37.5 Å². The van der Waals surface area contributed by atoms with E-state index >= 15 is 0 Å². The molecule has 0 aliphatic heterocycles. The van der Waals surface area contributed by atoms with Crippen molar-refractivity contribution in [2.75, 3.05) is 33.4 Å². The fourth-order valence-electron chi connectivity index (χ4n) is 1.73. The second-order valence-corrected chi connectivity index (χ2v) is 5.74. The maximum atomic E-state index is 5.51. The molecule has 0 radical (unpaired) electrons. The van der Waals surface area contributed by atoms with Crippen LogP contribution in [0, 0.1) is 0 Å². The number of aliphatic imine (C=N–C) groups is 1. The molecule has 20 heavy (non-hydrogen) atoms. The normalized spacial score (nSPS) is 13.2. The van der Waals surface area contributed by atoms with Crippen molar-refractivity contribution in [1.82, 2.24) is 10.6 Å². The maximum absolute atomic E-state index is 5.51. The Kier molecular flexibility index (Phi) is 9.07. The molecule has 1 atom stereocenters. The number of thiophene rings is 1. The topological polar surface area (TPSA) is 45.6 Å². The van der Waals surface area contributed by atoms with Crippen molar-refractivity contribution in [3.05, 3.63) is 22.4 Å². The van der Waals surface area contributed by atoms with Gasteiger partial charge in [-0.1, -0.05) is 26.3 Å². The quantitative estimate of drug-likeness (QED) is 0.418. The van der Waals surface area contributed by atoms with Gasteiger partial charge in [0.05, 0.1) is 6.61 Å². The number of nitrogens with zero attached hydrogens (tertiary/aromatic N) is 1. The highest BCUT2D eigenvalue weighted by Gasteiger charge is 2.07. The first kappa shape index (κ1) is 17.0. The summed E-state index contributed by atoms with van der Waals surface area (Å²) in [7, 11) is 1.79. The van der Waals surface area contributed by atoms with E-state index in [4.69, 9.17) is 4.74 Å². The zero-order chi connectivity index (χ0) is 14.6. The summed E-state index contributed by atoms with van der Waals surface area (Å²) in [6, 6.07) is 4.27. The van der Waals surface area contributed by atoms with E-state index in [1.807, 2.05) is 0 Å². The second-order valence-electron chi connectivity index (χ2n) is 4.76. The molecule has 114 valence electrons. The molecule has 0 saturated carbocycles. The third-order valence-corrected chi connectivity index (χ3v) is 4.11. The highest BCUT2D eigenvalue weighted by molar-refractivity contribution is 7.10. The number of ether oxygens (including phenoxy) is 1. The molecule has 0 bridgehead atoms. The number of nitrogens with one attached hydrogen (secondary N) is 2. The van der Waals surface area contributed by atoms with Crippen LogP contribution in [-0.4, -0.2) is 39.3 Å². The molecule has 5 heteroatoms. The molecule has 0 aliphatic rings. The Bertz CT molecular complexity index is 365. The first-order valence-corrected chi connectivity index (χ1v) is 8.21. The standard InChI is InChI=1S/C15H27N3OS/c1-4-5-9-19-10-8-17-15(16-3)18-12-13(2)14-7-6-11-20-14/h6-7,11,13H,4-5,8-10,12H2,1-3H3,(H2,16,17,18). The van der Waals surface area contributed by atoms with E-state index in [0.717, 1.165) is 38.7 Å². The summed E-state index contributed by atoms with van der Waals surface area (Å²) in [5, 5.41) is 8.73. The van der Waals surface area contributed by atoms with Gasteiger partial charge in [0.1, 0.15) is 0 Å². The monoisotopic (exact) mass is 297 g/mol. The number of hydrogen-bond donors (Lipinski definition) is 2. The molecule has 0 aliphatic carbocycles. The Morgan fingerprint density at radius 3 is 2.90 bits per heavy atom. The SMILES string of the molecule is CCCCOCCNC(=NC)NCC(C)c1cccs1. The Labute approximate surface area is 126 Å². The first-order chi connectivity index (χ1) is 9.77. The van der Waals surface area contributed by atoms with Crippen LogP contribution in [0.3, 0.4) is 0 Å². The van der Waals surface area contributed by atoms with E-state index in [2.05, 4.69) is 47.0 Å². The zero-order valence-corrected chi connectivity index (χ0v) is 13.6. The highest BCUT2D eigenvalue weighted by atomic mass is 32.1. The average molecular weight is 297 g/mol. The highest BCUT2D eigenvalue weighted by Crippen LogP contribution is 2.19. The third-order valence-electron chi connectivity index (χ3n) is 3.01. The van der Waals surface area contributed by atoms with Crippen LogP contribution in [0.5, 0.6) is 0 Å². The van der Waals surface area contributed by atoms with Crippen molar-refractivity contribution in [3.63, 3.8) is 0 Å². The van der Waals surface area contributed by atoms with Gasteiger partial charge < -0.3 is 15.4 Å². The van der Waals surface area contributed by atoms with E-state index in [1.165, 1.54) is 11.3 Å². The van der Waals surface area contributed by atoms with Crippen LogP contribution < -0.4 is 10.6 Å². The molecular formula is C15H27N3OS. The molecule has 1 rings (SSSR count). The molecule has 1 aromatic heterocycles. The molecule has 1 heterocycles. The lowest BCUT2D eigenvalue weighted by Gasteiger charge is -2.15. The van der Waals surface area contributed by atoms with Gasteiger partial charge in [-0.15, -0.1) is 11.3 Å². The number of guanidine groups is 1. The summed E-state index contributed by atoms with van der Waals surface area (Å²) < 4.78 is 5.51. The molecule has 0 fully saturated rings. The summed E-state index contributed by atoms with van der Waals surface area (Å²) in [6.07, 6.45) is 2.31. The van der Waals surface area contributed by atoms with Gasteiger partial charge in [0.2, 0.25) is 0 Å². The van der Waals surface area contributed by atoms with Gasteiger partial charge >= 0.3 is 0 Å². The minimum Gasteiger partial charge on any atom is -0.380 e. The Hall–Kier alpha value is -1.07. The summed E-state index contributed by atoms with van der Waals surface area (Å²) in [4.78, 5) is 5.62. The first-order valence-electron chi connectivity index (χ1n) is 7.33. The minimum absolute atomic E-state index is 0.495. The van der Waals surface area contributed by atoms with Gasteiger partial charge in [-0.3, -0.25) is 4.99 Å². The summed E-state index contributed by atoms with van der Waals surface area (Å²) in [5.74, 6) is 1.34. The van der Waals surface area contributed by atoms with Gasteiger partial charge in [-0.05, 0) is 17.9 Å². The molecule has 0 saturated heterocycles. The lowest BCUT2D eigenvalue weighted by molar-refractivity contribution is 0.136. The number of hydrogen-bond acceptors (Lipinski definition) is 3. The number of unbranched alkanes of at least 4 members (excludes halogenated alkanes) is 1. The minimum atomic E-state index is 0.495. The molecule has 1 unspecified atom stereocenters.